The molecule has 0 aliphatic carbocycles. The minimum Gasteiger partial charge on any atom is -0.316 e. The van der Waals surface area contributed by atoms with Crippen LogP contribution in [-0.4, -0.2) is 17.4 Å². The molecule has 3 nitrogen and oxygen atoms in total. The predicted molar refractivity (Wildman–Crippen MR) is 90.2 cm³/mol. The van der Waals surface area contributed by atoms with Gasteiger partial charge in [-0.1, -0.05) is 42.5 Å². The molecule has 1 amide bonds. The predicted octanol–water partition coefficient (Wildman–Crippen LogP) is 3.76. The van der Waals surface area contributed by atoms with E-state index in [1.165, 1.54) is 0 Å². The molecule has 2 aromatic rings. The molecule has 0 N–H and O–H groups in total. The third kappa shape index (κ3) is 3.67. The van der Waals surface area contributed by atoms with Gasteiger partial charge in [0, 0.05) is 25.1 Å². The first-order valence-electron chi connectivity index (χ1n) is 7.81. The Kier molecular flexibility index (Phi) is 4.54. The molecule has 2 aromatic carbocycles. The topological polar surface area (TPSA) is 44.1 Å². The molecule has 1 saturated heterocycles. The third-order valence-corrected chi connectivity index (χ3v) is 3.99. The molecule has 23 heavy (non-hydrogen) atoms. The van der Waals surface area contributed by atoms with Crippen molar-refractivity contribution in [3.63, 3.8) is 0 Å². The minimum absolute atomic E-state index is 0.184. The van der Waals surface area contributed by atoms with E-state index in [4.69, 9.17) is 5.26 Å². The monoisotopic (exact) mass is 302 g/mol. The summed E-state index contributed by atoms with van der Waals surface area (Å²) in [6.07, 6.45) is 4.24. The number of hydrogen-bond acceptors (Lipinski definition) is 2. The van der Waals surface area contributed by atoms with Crippen molar-refractivity contribution in [2.75, 3.05) is 6.54 Å². The van der Waals surface area contributed by atoms with E-state index in [0.717, 1.165) is 29.8 Å². The van der Waals surface area contributed by atoms with Crippen LogP contribution < -0.4 is 0 Å². The lowest BCUT2D eigenvalue weighted by Gasteiger charge is -2.20. The standard InChI is InChI=1S/C20H18N2O/c21-15-18-9-4-8-17(12-18)14-19(22-11-5-10-20(22)23)13-16-6-2-1-3-7-16/h1-4,6-9,12-13H,5,10-11,14H2/b19-13-. The van der Waals surface area contributed by atoms with Crippen LogP contribution in [-0.2, 0) is 11.2 Å². The fraction of sp³-hybridized carbons (Fsp3) is 0.200. The molecule has 114 valence electrons. The first kappa shape index (κ1) is 15.1. The Bertz CT molecular complexity index is 772. The summed E-state index contributed by atoms with van der Waals surface area (Å²) >= 11 is 0. The number of benzene rings is 2. The molecule has 3 rings (SSSR count). The molecule has 1 aliphatic heterocycles. The van der Waals surface area contributed by atoms with Gasteiger partial charge in [0.25, 0.3) is 0 Å². The summed E-state index contributed by atoms with van der Waals surface area (Å²) < 4.78 is 0. The van der Waals surface area contributed by atoms with Crippen molar-refractivity contribution in [1.82, 2.24) is 4.90 Å². The number of nitrogens with zero attached hydrogens (tertiary/aromatic N) is 2. The Morgan fingerprint density at radius 1 is 1.17 bits per heavy atom. The zero-order valence-corrected chi connectivity index (χ0v) is 12.9. The van der Waals surface area contributed by atoms with Crippen molar-refractivity contribution in [3.8, 4) is 6.07 Å². The summed E-state index contributed by atoms with van der Waals surface area (Å²) in [6.45, 7) is 0.773. The summed E-state index contributed by atoms with van der Waals surface area (Å²) in [4.78, 5) is 14.0. The molecule has 0 radical (unpaired) electrons. The quantitative estimate of drug-likeness (QED) is 0.863. The second-order valence-electron chi connectivity index (χ2n) is 5.68. The van der Waals surface area contributed by atoms with Gasteiger partial charge in [0.2, 0.25) is 5.91 Å². The van der Waals surface area contributed by atoms with Crippen molar-refractivity contribution < 1.29 is 4.79 Å². The smallest absolute Gasteiger partial charge is 0.226 e. The van der Waals surface area contributed by atoms with E-state index >= 15 is 0 Å². The highest BCUT2D eigenvalue weighted by atomic mass is 16.2. The molecule has 0 aromatic heterocycles. The maximum Gasteiger partial charge on any atom is 0.226 e. The number of rotatable bonds is 4. The average molecular weight is 302 g/mol. The summed E-state index contributed by atoms with van der Waals surface area (Å²) in [5.41, 5.74) is 3.77. The van der Waals surface area contributed by atoms with Gasteiger partial charge in [-0.25, -0.2) is 0 Å². The number of hydrogen-bond donors (Lipinski definition) is 0. The van der Waals surface area contributed by atoms with Crippen LogP contribution >= 0.6 is 0 Å². The van der Waals surface area contributed by atoms with E-state index < -0.39 is 0 Å². The molecule has 3 heteroatoms. The van der Waals surface area contributed by atoms with Crippen LogP contribution in [0.15, 0.2) is 60.3 Å². The van der Waals surface area contributed by atoms with E-state index in [9.17, 15) is 4.79 Å². The number of nitriles is 1. The van der Waals surface area contributed by atoms with Gasteiger partial charge in [-0.3, -0.25) is 4.79 Å². The van der Waals surface area contributed by atoms with Gasteiger partial charge in [-0.05, 0) is 35.8 Å². The number of allylic oxidation sites excluding steroid dienone is 1. The lowest BCUT2D eigenvalue weighted by molar-refractivity contribution is -0.126. The lowest BCUT2D eigenvalue weighted by Crippen LogP contribution is -2.25. The zero-order chi connectivity index (χ0) is 16.1. The molecule has 0 unspecified atom stereocenters. The summed E-state index contributed by atoms with van der Waals surface area (Å²) in [5.74, 6) is 0.184. The Hall–Kier alpha value is -2.86. The highest BCUT2D eigenvalue weighted by molar-refractivity contribution is 5.81. The van der Waals surface area contributed by atoms with E-state index in [0.29, 0.717) is 18.4 Å². The summed E-state index contributed by atoms with van der Waals surface area (Å²) in [6, 6.07) is 19.8. The maximum absolute atomic E-state index is 12.2. The minimum atomic E-state index is 0.184. The number of amides is 1. The fourth-order valence-corrected chi connectivity index (χ4v) is 2.88. The largest absolute Gasteiger partial charge is 0.316 e. The number of likely N-dealkylation sites (tertiary alicyclic amines) is 1. The van der Waals surface area contributed by atoms with Crippen LogP contribution in [0.3, 0.4) is 0 Å². The van der Waals surface area contributed by atoms with Crippen molar-refractivity contribution in [2.45, 2.75) is 19.3 Å². The Balaban J connectivity index is 1.93. The van der Waals surface area contributed by atoms with Gasteiger partial charge in [0.15, 0.2) is 0 Å². The first-order chi connectivity index (χ1) is 11.3. The van der Waals surface area contributed by atoms with Crippen LogP contribution in [0, 0.1) is 11.3 Å². The van der Waals surface area contributed by atoms with E-state index in [2.05, 4.69) is 12.1 Å². The van der Waals surface area contributed by atoms with Gasteiger partial charge in [-0.15, -0.1) is 0 Å². The Morgan fingerprint density at radius 2 is 2.00 bits per heavy atom. The normalized spacial score (nSPS) is 14.8. The van der Waals surface area contributed by atoms with Gasteiger partial charge in [0.05, 0.1) is 11.6 Å². The van der Waals surface area contributed by atoms with Crippen LogP contribution in [0.5, 0.6) is 0 Å². The second-order valence-corrected chi connectivity index (χ2v) is 5.68. The fourth-order valence-electron chi connectivity index (χ4n) is 2.88. The van der Waals surface area contributed by atoms with E-state index in [-0.39, 0.29) is 5.91 Å². The molecular formula is C20H18N2O. The van der Waals surface area contributed by atoms with Crippen molar-refractivity contribution in [1.29, 1.82) is 5.26 Å². The summed E-state index contributed by atoms with van der Waals surface area (Å²) in [5, 5.41) is 9.06. The Labute approximate surface area is 136 Å². The van der Waals surface area contributed by atoms with Gasteiger partial charge >= 0.3 is 0 Å². The van der Waals surface area contributed by atoms with Crippen LogP contribution in [0.4, 0.5) is 0 Å². The average Bonchev–Trinajstić information content (AvgIpc) is 3.01. The number of carbonyl (C=O) groups is 1. The van der Waals surface area contributed by atoms with Crippen molar-refractivity contribution >= 4 is 12.0 Å². The second kappa shape index (κ2) is 6.93. The molecule has 0 atom stereocenters. The van der Waals surface area contributed by atoms with Crippen molar-refractivity contribution in [2.24, 2.45) is 0 Å². The van der Waals surface area contributed by atoms with Gasteiger partial charge < -0.3 is 4.90 Å². The summed E-state index contributed by atoms with van der Waals surface area (Å²) in [7, 11) is 0. The molecular weight excluding hydrogens is 284 g/mol. The maximum atomic E-state index is 12.2. The Morgan fingerprint density at radius 3 is 2.70 bits per heavy atom. The van der Waals surface area contributed by atoms with Gasteiger partial charge in [0.1, 0.15) is 0 Å². The van der Waals surface area contributed by atoms with Crippen LogP contribution in [0.1, 0.15) is 29.5 Å². The highest BCUT2D eigenvalue weighted by Crippen LogP contribution is 2.22. The molecule has 1 aliphatic rings. The molecule has 1 fully saturated rings. The zero-order valence-electron chi connectivity index (χ0n) is 12.9. The third-order valence-electron chi connectivity index (χ3n) is 3.99. The van der Waals surface area contributed by atoms with Crippen molar-refractivity contribution in [3.05, 3.63) is 77.0 Å². The van der Waals surface area contributed by atoms with Crippen LogP contribution in [0.25, 0.3) is 6.08 Å². The lowest BCUT2D eigenvalue weighted by atomic mass is 10.0. The van der Waals surface area contributed by atoms with Crippen LogP contribution in [0.2, 0.25) is 0 Å². The van der Waals surface area contributed by atoms with Gasteiger partial charge in [-0.2, -0.15) is 5.26 Å². The van der Waals surface area contributed by atoms with E-state index in [1.807, 2.05) is 53.4 Å². The molecule has 0 saturated carbocycles. The molecule has 0 spiro atoms. The molecule has 0 bridgehead atoms. The van der Waals surface area contributed by atoms with E-state index in [1.54, 1.807) is 6.07 Å². The first-order valence-corrected chi connectivity index (χ1v) is 7.81. The SMILES string of the molecule is N#Cc1cccc(C/C(=C/c2ccccc2)N2CCCC2=O)c1. The highest BCUT2D eigenvalue weighted by Gasteiger charge is 2.23. The molecule has 1 heterocycles. The number of carbonyl (C=O) groups excluding carboxylic acids is 1.